The number of aliphatic carboxylic acids is 1. The number of anilines is 1. The van der Waals surface area contributed by atoms with Crippen LogP contribution in [0.15, 0.2) is 18.2 Å². The molecule has 1 unspecified atom stereocenters. The standard InChI is InChI=1S/C13H18N2O5/c1-4-14(8-9(2)13(16)17)11-6-5-10(20-3)7-12(11)15(18)19/h5-7,9H,4,8H2,1-3H3,(H,16,17). The summed E-state index contributed by atoms with van der Waals surface area (Å²) in [5.74, 6) is -1.15. The van der Waals surface area contributed by atoms with Gasteiger partial charge in [-0.3, -0.25) is 14.9 Å². The van der Waals surface area contributed by atoms with Crippen molar-refractivity contribution in [3.05, 3.63) is 28.3 Å². The lowest BCUT2D eigenvalue weighted by Crippen LogP contribution is -2.32. The number of hydrogen-bond acceptors (Lipinski definition) is 5. The molecule has 20 heavy (non-hydrogen) atoms. The van der Waals surface area contributed by atoms with Gasteiger partial charge in [-0.25, -0.2) is 0 Å². The molecule has 0 aliphatic heterocycles. The molecule has 0 bridgehead atoms. The minimum atomic E-state index is -0.931. The monoisotopic (exact) mass is 282 g/mol. The van der Waals surface area contributed by atoms with Crippen LogP contribution in [-0.4, -0.2) is 36.2 Å². The Hall–Kier alpha value is -2.31. The van der Waals surface area contributed by atoms with Crippen molar-refractivity contribution in [2.24, 2.45) is 5.92 Å². The molecule has 0 saturated heterocycles. The number of methoxy groups -OCH3 is 1. The maximum Gasteiger partial charge on any atom is 0.308 e. The Morgan fingerprint density at radius 1 is 1.55 bits per heavy atom. The third kappa shape index (κ3) is 3.59. The van der Waals surface area contributed by atoms with Gasteiger partial charge in [0.1, 0.15) is 11.4 Å². The summed E-state index contributed by atoms with van der Waals surface area (Å²) in [7, 11) is 1.43. The molecule has 0 fully saturated rings. The molecule has 110 valence electrons. The fourth-order valence-corrected chi connectivity index (χ4v) is 1.85. The van der Waals surface area contributed by atoms with Crippen LogP contribution in [0.3, 0.4) is 0 Å². The molecule has 0 amide bonds. The summed E-state index contributed by atoms with van der Waals surface area (Å²) >= 11 is 0. The van der Waals surface area contributed by atoms with Gasteiger partial charge in [0, 0.05) is 13.1 Å². The molecule has 1 N–H and O–H groups in total. The molecule has 1 aromatic carbocycles. The third-order valence-electron chi connectivity index (χ3n) is 3.02. The highest BCUT2D eigenvalue weighted by atomic mass is 16.6. The van der Waals surface area contributed by atoms with Gasteiger partial charge in [-0.1, -0.05) is 6.92 Å². The first-order valence-corrected chi connectivity index (χ1v) is 6.20. The number of nitro groups is 1. The first kappa shape index (κ1) is 15.7. The second kappa shape index (κ2) is 6.74. The van der Waals surface area contributed by atoms with Crippen LogP contribution in [0.25, 0.3) is 0 Å². The Morgan fingerprint density at radius 3 is 2.65 bits per heavy atom. The van der Waals surface area contributed by atoms with Crippen LogP contribution in [0.5, 0.6) is 5.75 Å². The van der Waals surface area contributed by atoms with Crippen LogP contribution < -0.4 is 9.64 Å². The van der Waals surface area contributed by atoms with Gasteiger partial charge in [0.15, 0.2) is 0 Å². The number of ether oxygens (including phenoxy) is 1. The predicted molar refractivity (Wildman–Crippen MR) is 74.3 cm³/mol. The van der Waals surface area contributed by atoms with Gasteiger partial charge >= 0.3 is 5.97 Å². The van der Waals surface area contributed by atoms with Gasteiger partial charge in [0.25, 0.3) is 5.69 Å². The van der Waals surface area contributed by atoms with E-state index in [9.17, 15) is 14.9 Å². The Bertz CT molecular complexity index is 504. The molecule has 7 nitrogen and oxygen atoms in total. The predicted octanol–water partition coefficient (Wildman–Crippen LogP) is 2.15. The molecule has 0 aliphatic rings. The van der Waals surface area contributed by atoms with Crippen molar-refractivity contribution in [2.75, 3.05) is 25.1 Å². The Labute approximate surface area is 116 Å². The van der Waals surface area contributed by atoms with E-state index in [-0.39, 0.29) is 12.2 Å². The van der Waals surface area contributed by atoms with Crippen molar-refractivity contribution in [3.8, 4) is 5.75 Å². The Kier molecular flexibility index (Phi) is 5.31. The summed E-state index contributed by atoms with van der Waals surface area (Å²) in [5.41, 5.74) is 0.301. The number of rotatable bonds is 7. The van der Waals surface area contributed by atoms with E-state index in [1.165, 1.54) is 13.2 Å². The topological polar surface area (TPSA) is 92.9 Å². The van der Waals surface area contributed by atoms with E-state index in [0.29, 0.717) is 18.0 Å². The minimum absolute atomic E-state index is 0.0937. The van der Waals surface area contributed by atoms with Crippen LogP contribution in [0, 0.1) is 16.0 Å². The number of hydrogen-bond donors (Lipinski definition) is 1. The smallest absolute Gasteiger partial charge is 0.308 e. The van der Waals surface area contributed by atoms with E-state index in [1.54, 1.807) is 24.0 Å². The molecule has 0 saturated carbocycles. The van der Waals surface area contributed by atoms with E-state index >= 15 is 0 Å². The summed E-state index contributed by atoms with van der Waals surface area (Å²) in [6, 6.07) is 4.54. The molecular weight excluding hydrogens is 264 g/mol. The number of nitrogens with zero attached hydrogens (tertiary/aromatic N) is 2. The van der Waals surface area contributed by atoms with Gasteiger partial charge in [0.05, 0.1) is 24.0 Å². The van der Waals surface area contributed by atoms with E-state index in [0.717, 1.165) is 0 Å². The lowest BCUT2D eigenvalue weighted by molar-refractivity contribution is -0.384. The summed E-state index contributed by atoms with van der Waals surface area (Å²) in [6.45, 7) is 4.08. The lowest BCUT2D eigenvalue weighted by atomic mass is 10.1. The highest BCUT2D eigenvalue weighted by Gasteiger charge is 2.23. The van der Waals surface area contributed by atoms with Crippen LogP contribution >= 0.6 is 0 Å². The maximum absolute atomic E-state index is 11.1. The Balaban J connectivity index is 3.14. The van der Waals surface area contributed by atoms with Crippen LogP contribution in [0.2, 0.25) is 0 Å². The molecular formula is C13H18N2O5. The molecule has 7 heteroatoms. The third-order valence-corrected chi connectivity index (χ3v) is 3.02. The van der Waals surface area contributed by atoms with Crippen molar-refractivity contribution in [3.63, 3.8) is 0 Å². The van der Waals surface area contributed by atoms with Gasteiger partial charge in [-0.2, -0.15) is 0 Å². The number of carboxylic acid groups (broad SMARTS) is 1. The zero-order chi connectivity index (χ0) is 15.3. The van der Waals surface area contributed by atoms with Crippen molar-refractivity contribution >= 4 is 17.3 Å². The van der Waals surface area contributed by atoms with Crippen LogP contribution in [0.1, 0.15) is 13.8 Å². The van der Waals surface area contributed by atoms with E-state index < -0.39 is 16.8 Å². The number of benzene rings is 1. The molecule has 0 aliphatic carbocycles. The zero-order valence-electron chi connectivity index (χ0n) is 11.7. The van der Waals surface area contributed by atoms with Gasteiger partial charge < -0.3 is 14.7 Å². The number of nitro benzene ring substituents is 1. The van der Waals surface area contributed by atoms with E-state index in [1.807, 2.05) is 6.92 Å². The number of carboxylic acids is 1. The summed E-state index contributed by atoms with van der Waals surface area (Å²) in [6.07, 6.45) is 0. The number of carbonyl (C=O) groups is 1. The van der Waals surface area contributed by atoms with E-state index in [2.05, 4.69) is 0 Å². The summed E-state index contributed by atoms with van der Waals surface area (Å²) in [4.78, 5) is 23.2. The second-order valence-electron chi connectivity index (χ2n) is 4.39. The Morgan fingerprint density at radius 2 is 2.20 bits per heavy atom. The maximum atomic E-state index is 11.1. The SMILES string of the molecule is CCN(CC(C)C(=O)O)c1ccc(OC)cc1[N+](=O)[O-]. The van der Waals surface area contributed by atoms with Crippen molar-refractivity contribution in [2.45, 2.75) is 13.8 Å². The average molecular weight is 282 g/mol. The second-order valence-corrected chi connectivity index (χ2v) is 4.39. The molecule has 1 rings (SSSR count). The molecule has 1 aromatic rings. The van der Waals surface area contributed by atoms with Gasteiger partial charge in [0.2, 0.25) is 0 Å². The largest absolute Gasteiger partial charge is 0.496 e. The van der Waals surface area contributed by atoms with Crippen LogP contribution in [-0.2, 0) is 4.79 Å². The normalized spacial score (nSPS) is 11.8. The first-order valence-electron chi connectivity index (χ1n) is 6.20. The fourth-order valence-electron chi connectivity index (χ4n) is 1.85. The van der Waals surface area contributed by atoms with Gasteiger partial charge in [-0.15, -0.1) is 0 Å². The first-order chi connectivity index (χ1) is 9.40. The van der Waals surface area contributed by atoms with Crippen molar-refractivity contribution in [1.82, 2.24) is 0 Å². The summed E-state index contributed by atoms with van der Waals surface area (Å²) in [5, 5.41) is 20.1. The van der Waals surface area contributed by atoms with Crippen molar-refractivity contribution in [1.29, 1.82) is 0 Å². The summed E-state index contributed by atoms with van der Waals surface area (Å²) < 4.78 is 4.98. The molecule has 0 heterocycles. The molecule has 0 aromatic heterocycles. The minimum Gasteiger partial charge on any atom is -0.496 e. The average Bonchev–Trinajstić information content (AvgIpc) is 2.43. The van der Waals surface area contributed by atoms with Crippen molar-refractivity contribution < 1.29 is 19.6 Å². The van der Waals surface area contributed by atoms with Gasteiger partial charge in [-0.05, 0) is 19.1 Å². The fraction of sp³-hybridized carbons (Fsp3) is 0.462. The molecule has 0 radical (unpaired) electrons. The lowest BCUT2D eigenvalue weighted by Gasteiger charge is -2.24. The zero-order valence-corrected chi connectivity index (χ0v) is 11.7. The molecule has 1 atom stereocenters. The molecule has 0 spiro atoms. The van der Waals surface area contributed by atoms with E-state index in [4.69, 9.17) is 9.84 Å². The van der Waals surface area contributed by atoms with Crippen LogP contribution in [0.4, 0.5) is 11.4 Å². The highest BCUT2D eigenvalue weighted by Crippen LogP contribution is 2.32. The highest BCUT2D eigenvalue weighted by molar-refractivity contribution is 5.72. The quantitative estimate of drug-likeness (QED) is 0.608.